The fourth-order valence-corrected chi connectivity index (χ4v) is 2.19. The third kappa shape index (κ3) is 4.42. The van der Waals surface area contributed by atoms with E-state index in [-0.39, 0.29) is 0 Å². The third-order valence-corrected chi connectivity index (χ3v) is 3.23. The van der Waals surface area contributed by atoms with Gasteiger partial charge in [-0.15, -0.1) is 0 Å². The molecule has 2 nitrogen and oxygen atoms in total. The first-order chi connectivity index (χ1) is 9.40. The Balaban J connectivity index is 1.75. The van der Waals surface area contributed by atoms with Crippen LogP contribution in [0.3, 0.4) is 0 Å². The van der Waals surface area contributed by atoms with Gasteiger partial charge in [-0.25, -0.2) is 0 Å². The molecule has 2 aromatic carbocycles. The highest BCUT2D eigenvalue weighted by Crippen LogP contribution is 2.15. The highest BCUT2D eigenvalue weighted by molar-refractivity contribution is 5.42. The number of benzene rings is 2. The molecule has 0 fully saturated rings. The fraction of sp³-hybridized carbons (Fsp3) is 0.294. The molecular formula is C17H22N2. The zero-order valence-corrected chi connectivity index (χ0v) is 11.5. The molecule has 19 heavy (non-hydrogen) atoms. The van der Waals surface area contributed by atoms with E-state index in [0.717, 1.165) is 19.5 Å². The molecule has 1 unspecified atom stereocenters. The molecule has 0 radical (unpaired) electrons. The molecule has 0 aromatic heterocycles. The van der Waals surface area contributed by atoms with Crippen molar-refractivity contribution in [3.8, 4) is 0 Å². The van der Waals surface area contributed by atoms with Crippen molar-refractivity contribution in [2.45, 2.75) is 19.4 Å². The molecule has 0 aliphatic carbocycles. The first-order valence-electron chi connectivity index (χ1n) is 6.97. The molecule has 0 aliphatic heterocycles. The SMILES string of the molecule is CCC(NCCNc1ccccc1)c1ccccc1. The zero-order chi connectivity index (χ0) is 13.3. The molecule has 0 saturated heterocycles. The molecule has 0 aliphatic rings. The van der Waals surface area contributed by atoms with Gasteiger partial charge in [0.2, 0.25) is 0 Å². The van der Waals surface area contributed by atoms with Crippen LogP contribution in [0.1, 0.15) is 24.9 Å². The lowest BCUT2D eigenvalue weighted by Crippen LogP contribution is -2.26. The molecule has 0 heterocycles. The molecule has 2 aromatic rings. The minimum Gasteiger partial charge on any atom is -0.384 e. The maximum Gasteiger partial charge on any atom is 0.0340 e. The summed E-state index contributed by atoms with van der Waals surface area (Å²) in [4.78, 5) is 0. The lowest BCUT2D eigenvalue weighted by atomic mass is 10.0. The zero-order valence-electron chi connectivity index (χ0n) is 11.5. The van der Waals surface area contributed by atoms with Crippen LogP contribution in [0, 0.1) is 0 Å². The second-order valence-corrected chi connectivity index (χ2v) is 4.62. The van der Waals surface area contributed by atoms with Gasteiger partial charge in [-0.3, -0.25) is 0 Å². The molecule has 2 N–H and O–H groups in total. The van der Waals surface area contributed by atoms with Crippen LogP contribution in [0.15, 0.2) is 60.7 Å². The first-order valence-corrected chi connectivity index (χ1v) is 6.97. The van der Waals surface area contributed by atoms with Gasteiger partial charge in [0.1, 0.15) is 0 Å². The summed E-state index contributed by atoms with van der Waals surface area (Å²) in [6.07, 6.45) is 1.11. The first kappa shape index (κ1) is 13.6. The van der Waals surface area contributed by atoms with Gasteiger partial charge in [0.15, 0.2) is 0 Å². The summed E-state index contributed by atoms with van der Waals surface area (Å²) in [6, 6.07) is 21.4. The highest BCUT2D eigenvalue weighted by atomic mass is 15.0. The number of nitrogens with one attached hydrogen (secondary N) is 2. The Morgan fingerprint density at radius 1 is 0.842 bits per heavy atom. The van der Waals surface area contributed by atoms with E-state index in [4.69, 9.17) is 0 Å². The van der Waals surface area contributed by atoms with Gasteiger partial charge < -0.3 is 10.6 Å². The maximum absolute atomic E-state index is 3.59. The van der Waals surface area contributed by atoms with Crippen LogP contribution in [0.4, 0.5) is 5.69 Å². The Morgan fingerprint density at radius 2 is 1.47 bits per heavy atom. The summed E-state index contributed by atoms with van der Waals surface area (Å²) in [5.41, 5.74) is 2.54. The summed E-state index contributed by atoms with van der Waals surface area (Å²) < 4.78 is 0. The summed E-state index contributed by atoms with van der Waals surface area (Å²) in [5.74, 6) is 0. The average Bonchev–Trinajstić information content (AvgIpc) is 2.49. The van der Waals surface area contributed by atoms with Crippen molar-refractivity contribution in [3.63, 3.8) is 0 Å². The molecule has 100 valence electrons. The quantitative estimate of drug-likeness (QED) is 0.734. The lowest BCUT2D eigenvalue weighted by Gasteiger charge is -2.17. The molecule has 2 rings (SSSR count). The summed E-state index contributed by atoms with van der Waals surface area (Å²) in [7, 11) is 0. The van der Waals surface area contributed by atoms with E-state index >= 15 is 0 Å². The normalized spacial score (nSPS) is 12.1. The van der Waals surface area contributed by atoms with Crippen LogP contribution in [0.2, 0.25) is 0 Å². The van der Waals surface area contributed by atoms with E-state index in [2.05, 4.69) is 72.2 Å². The van der Waals surface area contributed by atoms with Crippen LogP contribution in [-0.4, -0.2) is 13.1 Å². The van der Waals surface area contributed by atoms with Gasteiger partial charge in [0.05, 0.1) is 0 Å². The predicted molar refractivity (Wildman–Crippen MR) is 82.4 cm³/mol. The van der Waals surface area contributed by atoms with Gasteiger partial charge in [0.25, 0.3) is 0 Å². The second kappa shape index (κ2) is 7.59. The van der Waals surface area contributed by atoms with E-state index < -0.39 is 0 Å². The van der Waals surface area contributed by atoms with Crippen molar-refractivity contribution in [2.75, 3.05) is 18.4 Å². The van der Waals surface area contributed by atoms with Crippen molar-refractivity contribution in [1.82, 2.24) is 5.32 Å². The van der Waals surface area contributed by atoms with Crippen LogP contribution in [0.5, 0.6) is 0 Å². The van der Waals surface area contributed by atoms with Gasteiger partial charge in [-0.05, 0) is 24.1 Å². The van der Waals surface area contributed by atoms with Crippen molar-refractivity contribution in [2.24, 2.45) is 0 Å². The van der Waals surface area contributed by atoms with Gasteiger partial charge >= 0.3 is 0 Å². The topological polar surface area (TPSA) is 24.1 Å². The maximum atomic E-state index is 3.59. The van der Waals surface area contributed by atoms with Gasteiger partial charge in [0, 0.05) is 24.8 Å². The smallest absolute Gasteiger partial charge is 0.0340 e. The van der Waals surface area contributed by atoms with E-state index in [1.807, 2.05) is 6.07 Å². The van der Waals surface area contributed by atoms with Crippen LogP contribution in [-0.2, 0) is 0 Å². The van der Waals surface area contributed by atoms with Gasteiger partial charge in [-0.1, -0.05) is 55.5 Å². The molecule has 0 spiro atoms. The van der Waals surface area contributed by atoms with Crippen molar-refractivity contribution in [3.05, 3.63) is 66.2 Å². The van der Waals surface area contributed by atoms with Crippen molar-refractivity contribution < 1.29 is 0 Å². The summed E-state index contributed by atoms with van der Waals surface area (Å²) in [5, 5.41) is 7.01. The number of hydrogen-bond donors (Lipinski definition) is 2. The molecule has 0 saturated carbocycles. The van der Waals surface area contributed by atoms with E-state index in [9.17, 15) is 0 Å². The van der Waals surface area contributed by atoms with E-state index in [1.165, 1.54) is 11.3 Å². The Labute approximate surface area is 115 Å². The largest absolute Gasteiger partial charge is 0.384 e. The number of para-hydroxylation sites is 1. The Morgan fingerprint density at radius 3 is 2.11 bits per heavy atom. The minimum absolute atomic E-state index is 0.443. The lowest BCUT2D eigenvalue weighted by molar-refractivity contribution is 0.531. The van der Waals surface area contributed by atoms with Crippen molar-refractivity contribution in [1.29, 1.82) is 0 Å². The molecule has 2 heteroatoms. The summed E-state index contributed by atoms with van der Waals surface area (Å²) in [6.45, 7) is 4.12. The average molecular weight is 254 g/mol. The predicted octanol–water partition coefficient (Wildman–Crippen LogP) is 3.84. The van der Waals surface area contributed by atoms with Crippen molar-refractivity contribution >= 4 is 5.69 Å². The second-order valence-electron chi connectivity index (χ2n) is 4.62. The van der Waals surface area contributed by atoms with Crippen LogP contribution < -0.4 is 10.6 Å². The highest BCUT2D eigenvalue weighted by Gasteiger charge is 2.06. The van der Waals surface area contributed by atoms with E-state index in [0.29, 0.717) is 6.04 Å². The molecular weight excluding hydrogens is 232 g/mol. The Bertz CT molecular complexity index is 453. The number of hydrogen-bond acceptors (Lipinski definition) is 2. The fourth-order valence-electron chi connectivity index (χ4n) is 2.19. The molecule has 0 amide bonds. The van der Waals surface area contributed by atoms with Crippen LogP contribution >= 0.6 is 0 Å². The molecule has 1 atom stereocenters. The van der Waals surface area contributed by atoms with Gasteiger partial charge in [-0.2, -0.15) is 0 Å². The summed E-state index contributed by atoms with van der Waals surface area (Å²) >= 11 is 0. The third-order valence-electron chi connectivity index (χ3n) is 3.23. The number of anilines is 1. The number of rotatable bonds is 7. The monoisotopic (exact) mass is 254 g/mol. The molecule has 0 bridgehead atoms. The minimum atomic E-state index is 0.443. The Hall–Kier alpha value is -1.80. The Kier molecular flexibility index (Phi) is 5.45. The van der Waals surface area contributed by atoms with Crippen LogP contribution in [0.25, 0.3) is 0 Å². The van der Waals surface area contributed by atoms with E-state index in [1.54, 1.807) is 0 Å². The standard InChI is InChI=1S/C17H22N2/c1-2-17(15-9-5-3-6-10-15)19-14-13-18-16-11-7-4-8-12-16/h3-12,17-19H,2,13-14H2,1H3.